The summed E-state index contributed by atoms with van der Waals surface area (Å²) in [5.41, 5.74) is 2.07. The summed E-state index contributed by atoms with van der Waals surface area (Å²) < 4.78 is 10.9. The Kier molecular flexibility index (Phi) is 3.69. The Bertz CT molecular complexity index is 595. The molecule has 1 aliphatic rings. The Morgan fingerprint density at radius 2 is 2.35 bits per heavy atom. The zero-order chi connectivity index (χ0) is 13.9. The quantitative estimate of drug-likeness (QED) is 0.907. The molecule has 1 atom stereocenters. The van der Waals surface area contributed by atoms with Crippen LogP contribution in [0.15, 0.2) is 22.7 Å². The maximum Gasteiger partial charge on any atom is 0.226 e. The fourth-order valence-electron chi connectivity index (χ4n) is 2.54. The Morgan fingerprint density at radius 3 is 3.20 bits per heavy atom. The van der Waals surface area contributed by atoms with Crippen molar-refractivity contribution in [3.8, 4) is 5.75 Å². The molecule has 0 amide bonds. The predicted molar refractivity (Wildman–Crippen MR) is 72.3 cm³/mol. The third kappa shape index (κ3) is 2.54. The van der Waals surface area contributed by atoms with Gasteiger partial charge in [-0.2, -0.15) is 4.98 Å². The lowest BCUT2D eigenvalue weighted by Gasteiger charge is -2.09. The second-order valence-corrected chi connectivity index (χ2v) is 5.02. The number of aliphatic hydroxyl groups is 1. The molecule has 5 heteroatoms. The van der Waals surface area contributed by atoms with Crippen molar-refractivity contribution in [3.63, 3.8) is 0 Å². The van der Waals surface area contributed by atoms with E-state index in [2.05, 4.69) is 17.1 Å². The van der Waals surface area contributed by atoms with Crippen molar-refractivity contribution in [2.24, 2.45) is 0 Å². The molecule has 0 saturated carbocycles. The van der Waals surface area contributed by atoms with Crippen LogP contribution in [-0.4, -0.2) is 15.2 Å². The summed E-state index contributed by atoms with van der Waals surface area (Å²) in [5, 5.41) is 13.8. The van der Waals surface area contributed by atoms with Gasteiger partial charge in [0, 0.05) is 12.0 Å². The van der Waals surface area contributed by atoms with E-state index < -0.39 is 0 Å². The molecule has 2 aromatic rings. The molecule has 20 heavy (non-hydrogen) atoms. The highest BCUT2D eigenvalue weighted by Gasteiger charge is 2.23. The number of benzene rings is 1. The summed E-state index contributed by atoms with van der Waals surface area (Å²) in [7, 11) is 0. The van der Waals surface area contributed by atoms with Gasteiger partial charge in [-0.15, -0.1) is 0 Å². The number of aryl methyl sites for hydroxylation is 1. The lowest BCUT2D eigenvalue weighted by molar-refractivity contribution is 0.180. The second-order valence-electron chi connectivity index (χ2n) is 5.02. The summed E-state index contributed by atoms with van der Waals surface area (Å²) >= 11 is 0. The number of aliphatic hydroxyl groups excluding tert-OH is 1. The lowest BCUT2D eigenvalue weighted by Crippen LogP contribution is -2.00. The Hall–Kier alpha value is -1.88. The molecule has 1 heterocycles. The number of hydrogen-bond donors (Lipinski definition) is 1. The topological polar surface area (TPSA) is 68.4 Å². The zero-order valence-corrected chi connectivity index (χ0v) is 11.5. The normalized spacial score (nSPS) is 17.2. The first-order valence-electron chi connectivity index (χ1n) is 7.02. The van der Waals surface area contributed by atoms with Gasteiger partial charge in [0.15, 0.2) is 6.61 Å². The van der Waals surface area contributed by atoms with Gasteiger partial charge in [-0.3, -0.25) is 0 Å². The van der Waals surface area contributed by atoms with Crippen molar-refractivity contribution in [1.82, 2.24) is 10.1 Å². The molecule has 5 nitrogen and oxygen atoms in total. The Labute approximate surface area is 117 Å². The molecule has 0 fully saturated rings. The highest BCUT2D eigenvalue weighted by Crippen LogP contribution is 2.36. The van der Waals surface area contributed by atoms with Crippen LogP contribution in [0.1, 0.15) is 48.7 Å². The minimum absolute atomic E-state index is 0.291. The van der Waals surface area contributed by atoms with E-state index in [1.54, 1.807) is 0 Å². The van der Waals surface area contributed by atoms with Crippen LogP contribution in [-0.2, 0) is 19.4 Å². The molecule has 0 radical (unpaired) electrons. The summed E-state index contributed by atoms with van der Waals surface area (Å²) in [6.07, 6.45) is 3.01. The standard InChI is InChI=1S/C15H18N2O3/c1-2-4-15-16-14(17-20-15)9-19-13-6-3-5-10-11(13)7-8-12(10)18/h3,5-6,12,18H,2,4,7-9H2,1H3. The fraction of sp³-hybridized carbons (Fsp3) is 0.467. The highest BCUT2D eigenvalue weighted by molar-refractivity contribution is 5.44. The van der Waals surface area contributed by atoms with Gasteiger partial charge in [0.2, 0.25) is 11.7 Å². The molecular weight excluding hydrogens is 256 g/mol. The van der Waals surface area contributed by atoms with Crippen molar-refractivity contribution in [2.45, 2.75) is 45.3 Å². The summed E-state index contributed by atoms with van der Waals surface area (Å²) in [4.78, 5) is 4.27. The number of hydrogen-bond acceptors (Lipinski definition) is 5. The predicted octanol–water partition coefficient (Wildman–Crippen LogP) is 2.58. The lowest BCUT2D eigenvalue weighted by atomic mass is 10.1. The van der Waals surface area contributed by atoms with Crippen LogP contribution in [0.25, 0.3) is 0 Å². The minimum Gasteiger partial charge on any atom is -0.485 e. The number of aromatic nitrogens is 2. The molecule has 0 aliphatic heterocycles. The van der Waals surface area contributed by atoms with Gasteiger partial charge >= 0.3 is 0 Å². The van der Waals surface area contributed by atoms with Gasteiger partial charge < -0.3 is 14.4 Å². The molecule has 0 bridgehead atoms. The first kappa shape index (κ1) is 13.1. The van der Waals surface area contributed by atoms with Crippen LogP contribution in [0.4, 0.5) is 0 Å². The highest BCUT2D eigenvalue weighted by atomic mass is 16.5. The van der Waals surface area contributed by atoms with E-state index in [1.165, 1.54) is 0 Å². The van der Waals surface area contributed by atoms with Gasteiger partial charge in [0.1, 0.15) is 5.75 Å². The van der Waals surface area contributed by atoms with Gasteiger partial charge in [-0.25, -0.2) is 0 Å². The van der Waals surface area contributed by atoms with Crippen LogP contribution in [0, 0.1) is 0 Å². The molecule has 106 valence electrons. The van der Waals surface area contributed by atoms with Crippen molar-refractivity contribution >= 4 is 0 Å². The van der Waals surface area contributed by atoms with Crippen molar-refractivity contribution in [2.75, 3.05) is 0 Å². The van der Waals surface area contributed by atoms with E-state index in [9.17, 15) is 5.11 Å². The number of ether oxygens (including phenoxy) is 1. The van der Waals surface area contributed by atoms with E-state index in [0.717, 1.165) is 42.6 Å². The molecule has 3 rings (SSSR count). The monoisotopic (exact) mass is 274 g/mol. The molecule has 1 aromatic heterocycles. The number of rotatable bonds is 5. The van der Waals surface area contributed by atoms with Crippen molar-refractivity contribution in [3.05, 3.63) is 41.0 Å². The first-order chi connectivity index (χ1) is 9.78. The second kappa shape index (κ2) is 5.63. The Balaban J connectivity index is 1.69. The van der Waals surface area contributed by atoms with E-state index in [-0.39, 0.29) is 6.10 Å². The molecule has 1 N–H and O–H groups in total. The fourth-order valence-corrected chi connectivity index (χ4v) is 2.54. The van der Waals surface area contributed by atoms with Crippen molar-refractivity contribution in [1.29, 1.82) is 0 Å². The van der Waals surface area contributed by atoms with Gasteiger partial charge in [0.25, 0.3) is 0 Å². The summed E-state index contributed by atoms with van der Waals surface area (Å²) in [6.45, 7) is 2.36. The molecule has 1 unspecified atom stereocenters. The van der Waals surface area contributed by atoms with E-state index in [1.807, 2.05) is 18.2 Å². The van der Waals surface area contributed by atoms with Crippen molar-refractivity contribution < 1.29 is 14.4 Å². The summed E-state index contributed by atoms with van der Waals surface area (Å²) in [5.74, 6) is 2.02. The first-order valence-corrected chi connectivity index (χ1v) is 7.02. The van der Waals surface area contributed by atoms with Crippen LogP contribution in [0.3, 0.4) is 0 Å². The maximum absolute atomic E-state index is 9.86. The largest absolute Gasteiger partial charge is 0.485 e. The minimum atomic E-state index is -0.366. The Morgan fingerprint density at radius 1 is 1.45 bits per heavy atom. The summed E-state index contributed by atoms with van der Waals surface area (Å²) in [6, 6.07) is 5.78. The molecule has 0 saturated heterocycles. The molecule has 0 spiro atoms. The average Bonchev–Trinajstić information content (AvgIpc) is 3.05. The molecule has 1 aromatic carbocycles. The van der Waals surface area contributed by atoms with E-state index in [0.29, 0.717) is 18.3 Å². The molecule has 1 aliphatic carbocycles. The zero-order valence-electron chi connectivity index (χ0n) is 11.5. The molecular formula is C15H18N2O3. The van der Waals surface area contributed by atoms with Crippen LogP contribution >= 0.6 is 0 Å². The average molecular weight is 274 g/mol. The SMILES string of the molecule is CCCc1nc(COc2cccc3c2CCC3O)no1. The number of fused-ring (bicyclic) bond motifs is 1. The van der Waals surface area contributed by atoms with Crippen LogP contribution in [0.2, 0.25) is 0 Å². The van der Waals surface area contributed by atoms with Gasteiger partial charge in [-0.05, 0) is 30.9 Å². The smallest absolute Gasteiger partial charge is 0.226 e. The van der Waals surface area contributed by atoms with E-state index >= 15 is 0 Å². The van der Waals surface area contributed by atoms with Crippen LogP contribution < -0.4 is 4.74 Å². The third-order valence-corrected chi connectivity index (χ3v) is 3.53. The van der Waals surface area contributed by atoms with E-state index in [4.69, 9.17) is 9.26 Å². The van der Waals surface area contributed by atoms with Gasteiger partial charge in [-0.1, -0.05) is 24.2 Å². The third-order valence-electron chi connectivity index (χ3n) is 3.53. The van der Waals surface area contributed by atoms with Crippen LogP contribution in [0.5, 0.6) is 5.75 Å². The van der Waals surface area contributed by atoms with Gasteiger partial charge in [0.05, 0.1) is 6.10 Å². The number of nitrogens with zero attached hydrogens (tertiary/aromatic N) is 2. The maximum atomic E-state index is 9.86.